The van der Waals surface area contributed by atoms with E-state index in [1.807, 2.05) is 30.1 Å². The molecule has 19 heavy (non-hydrogen) atoms. The predicted octanol–water partition coefficient (Wildman–Crippen LogP) is 3.35. The zero-order chi connectivity index (χ0) is 13.1. The fourth-order valence-electron chi connectivity index (χ4n) is 2.16. The molecule has 0 saturated carbocycles. The number of thioether (sulfide) groups is 1. The minimum absolute atomic E-state index is 0.675. The number of anilines is 1. The monoisotopic (exact) mass is 291 g/mol. The topological polar surface area (TPSA) is 29.0 Å². The van der Waals surface area contributed by atoms with Gasteiger partial charge >= 0.3 is 0 Å². The first-order valence-corrected chi connectivity index (χ1v) is 7.76. The molecule has 0 aromatic carbocycles. The van der Waals surface area contributed by atoms with Gasteiger partial charge in [-0.3, -0.25) is 4.98 Å². The Hall–Kier alpha value is -1.26. The third kappa shape index (κ3) is 2.85. The summed E-state index contributed by atoms with van der Waals surface area (Å²) in [5.41, 5.74) is 2.10. The van der Waals surface area contributed by atoms with Crippen LogP contribution in [0.4, 0.5) is 5.82 Å². The molecule has 0 amide bonds. The highest BCUT2D eigenvalue weighted by molar-refractivity contribution is 7.99. The normalized spacial score (nSPS) is 15.5. The lowest BCUT2D eigenvalue weighted by Crippen LogP contribution is -2.33. The summed E-state index contributed by atoms with van der Waals surface area (Å²) in [6.07, 6.45) is 5.29. The highest BCUT2D eigenvalue weighted by atomic mass is 35.5. The maximum absolute atomic E-state index is 6.20. The van der Waals surface area contributed by atoms with Gasteiger partial charge < -0.3 is 4.90 Å². The zero-order valence-electron chi connectivity index (χ0n) is 10.4. The molecule has 3 nitrogen and oxygen atoms in total. The first-order chi connectivity index (χ1) is 9.34. The fourth-order valence-corrected chi connectivity index (χ4v) is 3.29. The number of aromatic nitrogens is 2. The minimum Gasteiger partial charge on any atom is -0.355 e. The van der Waals surface area contributed by atoms with E-state index in [1.54, 1.807) is 12.4 Å². The minimum atomic E-state index is 0.675. The SMILES string of the molecule is Clc1cnccc1-c1ccnc(N2CCSCC2)c1. The lowest BCUT2D eigenvalue weighted by molar-refractivity contribution is 0.840. The summed E-state index contributed by atoms with van der Waals surface area (Å²) < 4.78 is 0. The van der Waals surface area contributed by atoms with Gasteiger partial charge in [0.1, 0.15) is 5.82 Å². The molecular formula is C14H14ClN3S. The van der Waals surface area contributed by atoms with Gasteiger partial charge in [-0.15, -0.1) is 0 Å². The van der Waals surface area contributed by atoms with E-state index in [0.29, 0.717) is 5.02 Å². The molecule has 0 N–H and O–H groups in total. The quantitative estimate of drug-likeness (QED) is 0.848. The molecule has 2 aromatic heterocycles. The first kappa shape index (κ1) is 12.8. The van der Waals surface area contributed by atoms with Crippen LogP contribution in [0.5, 0.6) is 0 Å². The number of pyridine rings is 2. The Balaban J connectivity index is 1.93. The van der Waals surface area contributed by atoms with Crippen LogP contribution in [0.1, 0.15) is 0 Å². The molecule has 0 radical (unpaired) electrons. The van der Waals surface area contributed by atoms with E-state index in [4.69, 9.17) is 11.6 Å². The second-order valence-electron chi connectivity index (χ2n) is 4.36. The molecule has 0 bridgehead atoms. The van der Waals surface area contributed by atoms with Crippen LogP contribution in [0, 0.1) is 0 Å². The van der Waals surface area contributed by atoms with Crippen LogP contribution in [0.25, 0.3) is 11.1 Å². The molecule has 0 unspecified atom stereocenters. The molecule has 0 spiro atoms. The van der Waals surface area contributed by atoms with Gasteiger partial charge in [-0.25, -0.2) is 4.98 Å². The van der Waals surface area contributed by atoms with Gasteiger partial charge in [-0.1, -0.05) is 11.6 Å². The molecule has 3 heterocycles. The second-order valence-corrected chi connectivity index (χ2v) is 5.99. The van der Waals surface area contributed by atoms with Crippen LogP contribution in [0.2, 0.25) is 5.02 Å². The first-order valence-electron chi connectivity index (χ1n) is 6.23. The largest absolute Gasteiger partial charge is 0.355 e. The number of rotatable bonds is 2. The molecular weight excluding hydrogens is 278 g/mol. The van der Waals surface area contributed by atoms with E-state index in [2.05, 4.69) is 20.9 Å². The van der Waals surface area contributed by atoms with Gasteiger partial charge in [-0.2, -0.15) is 11.8 Å². The van der Waals surface area contributed by atoms with Gasteiger partial charge in [0.05, 0.1) is 5.02 Å². The van der Waals surface area contributed by atoms with Crippen molar-refractivity contribution in [3.63, 3.8) is 0 Å². The number of hydrogen-bond donors (Lipinski definition) is 0. The van der Waals surface area contributed by atoms with Crippen LogP contribution >= 0.6 is 23.4 Å². The molecule has 98 valence electrons. The molecule has 1 saturated heterocycles. The van der Waals surface area contributed by atoms with E-state index in [1.165, 1.54) is 11.5 Å². The van der Waals surface area contributed by atoms with Crippen molar-refractivity contribution >= 4 is 29.2 Å². The standard InChI is InChI=1S/C14H14ClN3S/c15-13-10-16-3-2-12(13)11-1-4-17-14(9-11)18-5-7-19-8-6-18/h1-4,9-10H,5-8H2. The lowest BCUT2D eigenvalue weighted by atomic mass is 10.1. The summed E-state index contributed by atoms with van der Waals surface area (Å²) in [7, 11) is 0. The summed E-state index contributed by atoms with van der Waals surface area (Å²) in [6.45, 7) is 2.12. The smallest absolute Gasteiger partial charge is 0.129 e. The number of halogens is 1. The fraction of sp³-hybridized carbons (Fsp3) is 0.286. The summed E-state index contributed by atoms with van der Waals surface area (Å²) in [5.74, 6) is 3.37. The molecule has 1 fully saturated rings. The van der Waals surface area contributed by atoms with Crippen molar-refractivity contribution in [3.8, 4) is 11.1 Å². The van der Waals surface area contributed by atoms with Crippen molar-refractivity contribution < 1.29 is 0 Å². The van der Waals surface area contributed by atoms with Crippen molar-refractivity contribution in [2.45, 2.75) is 0 Å². The Bertz CT molecular complexity index is 570. The average Bonchev–Trinajstić information content (AvgIpc) is 2.49. The van der Waals surface area contributed by atoms with E-state index in [9.17, 15) is 0 Å². The van der Waals surface area contributed by atoms with Crippen molar-refractivity contribution in [1.82, 2.24) is 9.97 Å². The van der Waals surface area contributed by atoms with Crippen molar-refractivity contribution in [3.05, 3.63) is 41.8 Å². The Morgan fingerprint density at radius 2 is 2.00 bits per heavy atom. The van der Waals surface area contributed by atoms with Gasteiger partial charge in [0.15, 0.2) is 0 Å². The van der Waals surface area contributed by atoms with E-state index in [-0.39, 0.29) is 0 Å². The Morgan fingerprint density at radius 3 is 2.79 bits per heavy atom. The van der Waals surface area contributed by atoms with E-state index < -0.39 is 0 Å². The van der Waals surface area contributed by atoms with E-state index in [0.717, 1.165) is 30.0 Å². The van der Waals surface area contributed by atoms with Crippen LogP contribution in [0.3, 0.4) is 0 Å². The van der Waals surface area contributed by atoms with Gasteiger partial charge in [0.2, 0.25) is 0 Å². The lowest BCUT2D eigenvalue weighted by Gasteiger charge is -2.27. The molecule has 3 rings (SSSR count). The Kier molecular flexibility index (Phi) is 3.89. The van der Waals surface area contributed by atoms with E-state index >= 15 is 0 Å². The van der Waals surface area contributed by atoms with Gasteiger partial charge in [-0.05, 0) is 23.8 Å². The number of nitrogens with zero attached hydrogens (tertiary/aromatic N) is 3. The molecule has 0 aliphatic carbocycles. The van der Waals surface area contributed by atoms with Crippen molar-refractivity contribution in [2.24, 2.45) is 0 Å². The zero-order valence-corrected chi connectivity index (χ0v) is 12.0. The summed E-state index contributed by atoms with van der Waals surface area (Å²) >= 11 is 8.19. The van der Waals surface area contributed by atoms with Crippen LogP contribution in [0.15, 0.2) is 36.8 Å². The predicted molar refractivity (Wildman–Crippen MR) is 82.0 cm³/mol. The number of hydrogen-bond acceptors (Lipinski definition) is 4. The molecule has 5 heteroatoms. The molecule has 2 aromatic rings. The Morgan fingerprint density at radius 1 is 1.16 bits per heavy atom. The third-order valence-corrected chi connectivity index (χ3v) is 4.41. The molecule has 0 atom stereocenters. The van der Waals surface area contributed by atoms with Crippen LogP contribution < -0.4 is 4.90 Å². The average molecular weight is 292 g/mol. The third-order valence-electron chi connectivity index (χ3n) is 3.16. The Labute approximate surface area is 122 Å². The van der Waals surface area contributed by atoms with Crippen molar-refractivity contribution in [2.75, 3.05) is 29.5 Å². The maximum Gasteiger partial charge on any atom is 0.129 e. The van der Waals surface area contributed by atoms with Gasteiger partial charge in [0, 0.05) is 48.7 Å². The van der Waals surface area contributed by atoms with Crippen LogP contribution in [-0.4, -0.2) is 34.6 Å². The van der Waals surface area contributed by atoms with Crippen molar-refractivity contribution in [1.29, 1.82) is 0 Å². The van der Waals surface area contributed by atoms with Crippen LogP contribution in [-0.2, 0) is 0 Å². The highest BCUT2D eigenvalue weighted by Crippen LogP contribution is 2.29. The highest BCUT2D eigenvalue weighted by Gasteiger charge is 2.13. The van der Waals surface area contributed by atoms with Gasteiger partial charge in [0.25, 0.3) is 0 Å². The summed E-state index contributed by atoms with van der Waals surface area (Å²) in [5, 5.41) is 0.675. The summed E-state index contributed by atoms with van der Waals surface area (Å²) in [6, 6.07) is 6.04. The molecule has 1 aliphatic heterocycles. The maximum atomic E-state index is 6.20. The molecule has 1 aliphatic rings. The second kappa shape index (κ2) is 5.80. The summed E-state index contributed by atoms with van der Waals surface area (Å²) in [4.78, 5) is 10.8.